The Bertz CT molecular complexity index is 1370. The molecule has 35 heavy (non-hydrogen) atoms. The van der Waals surface area contributed by atoms with Crippen LogP contribution < -0.4 is 10.6 Å². The maximum Gasteiger partial charge on any atom is 0.225 e. The Morgan fingerprint density at radius 1 is 1.20 bits per heavy atom. The van der Waals surface area contributed by atoms with Gasteiger partial charge in [0, 0.05) is 31.2 Å². The summed E-state index contributed by atoms with van der Waals surface area (Å²) >= 11 is 6.14. The predicted octanol–water partition coefficient (Wildman–Crippen LogP) is 1.58. The quantitative estimate of drug-likeness (QED) is 0.313. The zero-order valence-corrected chi connectivity index (χ0v) is 19.5. The van der Waals surface area contributed by atoms with Crippen molar-refractivity contribution >= 4 is 34.5 Å². The number of halogens is 1. The first-order valence-electron chi connectivity index (χ1n) is 11.0. The molecule has 11 nitrogen and oxygen atoms in total. The number of imidazole rings is 1. The average molecular weight is 495 g/mol. The Morgan fingerprint density at radius 3 is 2.80 bits per heavy atom. The number of nitrogens with zero attached hydrogens (tertiary/aromatic N) is 6. The minimum Gasteiger partial charge on any atom is -0.390 e. The molecular weight excluding hydrogens is 472 g/mol. The van der Waals surface area contributed by atoms with Crippen molar-refractivity contribution in [3.8, 4) is 11.4 Å². The summed E-state index contributed by atoms with van der Waals surface area (Å²) in [6.45, 7) is 0.399. The Morgan fingerprint density at radius 2 is 2.06 bits per heavy atom. The second-order valence-corrected chi connectivity index (χ2v) is 8.73. The number of hydrogen-bond acceptors (Lipinski definition) is 9. The summed E-state index contributed by atoms with van der Waals surface area (Å²) < 4.78 is 1.68. The van der Waals surface area contributed by atoms with Crippen LogP contribution in [0.3, 0.4) is 0 Å². The minimum absolute atomic E-state index is 0.224. The van der Waals surface area contributed by atoms with Crippen molar-refractivity contribution in [1.29, 1.82) is 0 Å². The lowest BCUT2D eigenvalue weighted by molar-refractivity contribution is -0.128. The third kappa shape index (κ3) is 4.41. The van der Waals surface area contributed by atoms with Gasteiger partial charge in [0.2, 0.25) is 5.91 Å². The summed E-state index contributed by atoms with van der Waals surface area (Å²) in [6.07, 6.45) is 4.21. The van der Waals surface area contributed by atoms with Crippen LogP contribution in [0.2, 0.25) is 5.02 Å². The standard InChI is InChI=1S/C23H23ClN8O3/c1-25-23(35)15-7-16(19(34)18(15)33)32-11-29-17-21(28-10-14-4-2-3-5-27-14)30-20(31-22(17)32)12-6-13(24)9-26-8-12/h2-6,8-9,11,15-16,18-19,33-34H,7,10H2,1H3,(H,25,35)(H,28,30,31)/t15-,16+,18+,19-/m0/s1. The number of amides is 1. The number of aliphatic hydroxyl groups excluding tert-OH is 2. The molecule has 1 fully saturated rings. The van der Waals surface area contributed by atoms with Gasteiger partial charge in [0.25, 0.3) is 0 Å². The molecule has 12 heteroatoms. The van der Waals surface area contributed by atoms with Crippen molar-refractivity contribution in [3.05, 3.63) is 59.9 Å². The largest absolute Gasteiger partial charge is 0.390 e. The number of fused-ring (bicyclic) bond motifs is 1. The number of rotatable bonds is 6. The van der Waals surface area contributed by atoms with Crippen molar-refractivity contribution in [2.75, 3.05) is 12.4 Å². The lowest BCUT2D eigenvalue weighted by Gasteiger charge is -2.18. The third-order valence-corrected chi connectivity index (χ3v) is 6.35. The molecule has 4 aromatic rings. The summed E-state index contributed by atoms with van der Waals surface area (Å²) in [5, 5.41) is 27.5. The lowest BCUT2D eigenvalue weighted by atomic mass is 10.1. The normalized spacial score (nSPS) is 21.8. The summed E-state index contributed by atoms with van der Waals surface area (Å²) in [7, 11) is 1.50. The van der Waals surface area contributed by atoms with Gasteiger partial charge in [-0.3, -0.25) is 14.8 Å². The summed E-state index contributed by atoms with van der Waals surface area (Å²) in [4.78, 5) is 34.5. The predicted molar refractivity (Wildman–Crippen MR) is 128 cm³/mol. The summed E-state index contributed by atoms with van der Waals surface area (Å²) in [6, 6.07) is 6.72. The Labute approximate surface area is 205 Å². The van der Waals surface area contributed by atoms with E-state index in [2.05, 4.69) is 30.6 Å². The fourth-order valence-corrected chi connectivity index (χ4v) is 4.53. The van der Waals surface area contributed by atoms with E-state index in [0.717, 1.165) is 5.69 Å². The average Bonchev–Trinajstić information content (AvgIpc) is 3.43. The number of aliphatic hydroxyl groups is 2. The van der Waals surface area contributed by atoms with E-state index in [1.165, 1.54) is 19.6 Å². The van der Waals surface area contributed by atoms with Gasteiger partial charge >= 0.3 is 0 Å². The molecule has 4 aromatic heterocycles. The number of hydrogen-bond donors (Lipinski definition) is 4. The number of pyridine rings is 2. The second kappa shape index (κ2) is 9.53. The first-order valence-corrected chi connectivity index (χ1v) is 11.4. The van der Waals surface area contributed by atoms with Crippen molar-refractivity contribution in [2.24, 2.45) is 5.92 Å². The molecule has 1 amide bonds. The Hall–Kier alpha value is -3.67. The monoisotopic (exact) mass is 494 g/mol. The number of nitrogens with one attached hydrogen (secondary N) is 2. The number of carbonyl (C=O) groups is 1. The zero-order valence-electron chi connectivity index (χ0n) is 18.7. The van der Waals surface area contributed by atoms with Crippen LogP contribution in [0.5, 0.6) is 0 Å². The van der Waals surface area contributed by atoms with Crippen LogP contribution in [0.1, 0.15) is 18.2 Å². The lowest BCUT2D eigenvalue weighted by Crippen LogP contribution is -2.36. The van der Waals surface area contributed by atoms with Crippen molar-refractivity contribution in [1.82, 2.24) is 34.8 Å². The molecule has 1 saturated carbocycles. The molecule has 4 N–H and O–H groups in total. The van der Waals surface area contributed by atoms with Crippen LogP contribution in [0, 0.1) is 5.92 Å². The zero-order chi connectivity index (χ0) is 24.5. The highest BCUT2D eigenvalue weighted by Crippen LogP contribution is 2.38. The van der Waals surface area contributed by atoms with Crippen molar-refractivity contribution in [3.63, 3.8) is 0 Å². The van der Waals surface area contributed by atoms with E-state index in [4.69, 9.17) is 16.6 Å². The highest BCUT2D eigenvalue weighted by atomic mass is 35.5. The highest BCUT2D eigenvalue weighted by molar-refractivity contribution is 6.30. The van der Waals surface area contributed by atoms with Crippen LogP contribution in [0.15, 0.2) is 49.2 Å². The molecule has 0 spiro atoms. The van der Waals surface area contributed by atoms with Crippen LogP contribution in [0.4, 0.5) is 5.82 Å². The van der Waals surface area contributed by atoms with Gasteiger partial charge in [0.15, 0.2) is 17.3 Å². The van der Waals surface area contributed by atoms with Gasteiger partial charge < -0.3 is 25.4 Å². The van der Waals surface area contributed by atoms with Crippen LogP contribution >= 0.6 is 11.6 Å². The second-order valence-electron chi connectivity index (χ2n) is 8.29. The molecule has 1 aliphatic carbocycles. The van der Waals surface area contributed by atoms with Gasteiger partial charge in [-0.25, -0.2) is 15.0 Å². The van der Waals surface area contributed by atoms with Crippen molar-refractivity contribution in [2.45, 2.75) is 31.2 Å². The van der Waals surface area contributed by atoms with E-state index < -0.39 is 24.2 Å². The van der Waals surface area contributed by atoms with Crippen LogP contribution in [-0.2, 0) is 11.3 Å². The third-order valence-electron chi connectivity index (χ3n) is 6.14. The Balaban J connectivity index is 1.58. The van der Waals surface area contributed by atoms with Gasteiger partial charge in [-0.15, -0.1) is 0 Å². The molecule has 0 bridgehead atoms. The van der Waals surface area contributed by atoms with E-state index in [-0.39, 0.29) is 12.3 Å². The molecule has 180 valence electrons. The number of anilines is 1. The van der Waals surface area contributed by atoms with E-state index in [0.29, 0.717) is 39.9 Å². The fourth-order valence-electron chi connectivity index (χ4n) is 4.35. The smallest absolute Gasteiger partial charge is 0.225 e. The maximum atomic E-state index is 12.2. The van der Waals surface area contributed by atoms with Crippen molar-refractivity contribution < 1.29 is 15.0 Å². The molecule has 0 aliphatic heterocycles. The molecule has 5 rings (SSSR count). The molecule has 0 radical (unpaired) electrons. The topological polar surface area (TPSA) is 151 Å². The first kappa shape index (κ1) is 23.1. The molecule has 1 aliphatic rings. The maximum absolute atomic E-state index is 12.2. The molecule has 0 aromatic carbocycles. The summed E-state index contributed by atoms with van der Waals surface area (Å²) in [5.74, 6) is -0.266. The van der Waals surface area contributed by atoms with Gasteiger partial charge in [-0.2, -0.15) is 0 Å². The van der Waals surface area contributed by atoms with E-state index in [1.807, 2.05) is 18.2 Å². The van der Waals surface area contributed by atoms with E-state index in [9.17, 15) is 15.0 Å². The van der Waals surface area contributed by atoms with Crippen LogP contribution in [0.25, 0.3) is 22.6 Å². The number of carbonyl (C=O) groups excluding carboxylic acids is 1. The highest BCUT2D eigenvalue weighted by Gasteiger charge is 2.46. The van der Waals surface area contributed by atoms with Gasteiger partial charge in [0.05, 0.1) is 41.7 Å². The van der Waals surface area contributed by atoms with Gasteiger partial charge in [0.1, 0.15) is 11.6 Å². The first-order chi connectivity index (χ1) is 17.0. The minimum atomic E-state index is -1.21. The van der Waals surface area contributed by atoms with Gasteiger partial charge in [-0.05, 0) is 24.6 Å². The van der Waals surface area contributed by atoms with E-state index >= 15 is 0 Å². The number of aromatic nitrogens is 6. The summed E-state index contributed by atoms with van der Waals surface area (Å²) in [5.41, 5.74) is 2.33. The molecule has 4 heterocycles. The SMILES string of the molecule is CNC(=O)[C@H]1C[C@@H](n2cnc3c(NCc4ccccn4)nc(-c4cncc(Cl)c4)nc32)[C@H](O)[C@@H]1O. The fraction of sp³-hybridized carbons (Fsp3) is 0.304. The molecule has 0 saturated heterocycles. The van der Waals surface area contributed by atoms with Crippen LogP contribution in [-0.4, -0.2) is 64.9 Å². The van der Waals surface area contributed by atoms with E-state index in [1.54, 1.807) is 23.0 Å². The molecule has 4 atom stereocenters. The molecule has 0 unspecified atom stereocenters. The molecular formula is C23H23ClN8O3. The Kier molecular flexibility index (Phi) is 6.29. The van der Waals surface area contributed by atoms with Gasteiger partial charge in [-0.1, -0.05) is 17.7 Å².